The number of anilines is 1. The van der Waals surface area contributed by atoms with E-state index in [0.717, 1.165) is 43.0 Å². The Kier molecular flexibility index (Phi) is 7.73. The van der Waals surface area contributed by atoms with E-state index in [-0.39, 0.29) is 17.9 Å². The Morgan fingerprint density at radius 3 is 2.51 bits per heavy atom. The van der Waals surface area contributed by atoms with Gasteiger partial charge in [-0.2, -0.15) is 0 Å². The Morgan fingerprint density at radius 1 is 1.12 bits per heavy atom. The molecule has 3 aromatic carbocycles. The summed E-state index contributed by atoms with van der Waals surface area (Å²) in [4.78, 5) is 46.2. The summed E-state index contributed by atoms with van der Waals surface area (Å²) < 4.78 is 21.2. The molecule has 6 rings (SSSR count). The summed E-state index contributed by atoms with van der Waals surface area (Å²) in [6.07, 6.45) is 3.67. The second kappa shape index (κ2) is 11.8. The number of rotatable bonds is 7. The molecule has 11 heteroatoms. The number of fused-ring (bicyclic) bond motifs is 1. The molecular weight excluding hydrogens is 571 g/mol. The number of non-ortho nitro benzene ring substituents is 1. The van der Waals surface area contributed by atoms with Gasteiger partial charge in [-0.1, -0.05) is 53.8 Å². The van der Waals surface area contributed by atoms with E-state index < -0.39 is 28.3 Å². The van der Waals surface area contributed by atoms with E-state index in [0.29, 0.717) is 31.7 Å². The van der Waals surface area contributed by atoms with Crippen LogP contribution in [0.2, 0.25) is 0 Å². The number of thiazole rings is 1. The molecule has 1 saturated heterocycles. The number of hydrogen-bond donors (Lipinski definition) is 0. The Balaban J connectivity index is 1.63. The molecule has 0 spiro atoms. The molecule has 0 N–H and O–H groups in total. The first-order valence-electron chi connectivity index (χ1n) is 13.9. The summed E-state index contributed by atoms with van der Waals surface area (Å²) in [5.41, 5.74) is 2.53. The Hall–Kier alpha value is -4.90. The molecule has 2 aliphatic rings. The molecule has 0 bridgehead atoms. The number of nitro groups is 1. The third-order valence-electron chi connectivity index (χ3n) is 7.51. The van der Waals surface area contributed by atoms with E-state index in [9.17, 15) is 24.1 Å². The van der Waals surface area contributed by atoms with Gasteiger partial charge >= 0.3 is 5.97 Å². The standard InChI is InChI=1S/C32H27FN4O5S/c1-2-42-31(39)27-28(20-8-4-3-5-9-20)34-32-36(29(27)21-10-12-23(33)13-11-21)30(38)26(43-32)19-22-18-24(37(40)41)14-15-25(22)35-16-6-7-17-35/h3-5,8-15,18-19,29H,2,6-7,16-17H2,1H3/t29-/m0/s1. The second-order valence-corrected chi connectivity index (χ2v) is 11.2. The minimum Gasteiger partial charge on any atom is -0.463 e. The van der Waals surface area contributed by atoms with Gasteiger partial charge < -0.3 is 9.64 Å². The molecular formula is C32H27FN4O5S. The van der Waals surface area contributed by atoms with Crippen molar-refractivity contribution < 1.29 is 18.8 Å². The van der Waals surface area contributed by atoms with Gasteiger partial charge in [0.1, 0.15) is 5.82 Å². The Morgan fingerprint density at radius 2 is 1.84 bits per heavy atom. The Bertz CT molecular complexity index is 1930. The van der Waals surface area contributed by atoms with Crippen molar-refractivity contribution in [3.05, 3.63) is 131 Å². The summed E-state index contributed by atoms with van der Waals surface area (Å²) >= 11 is 1.13. The summed E-state index contributed by atoms with van der Waals surface area (Å²) in [7, 11) is 0. The van der Waals surface area contributed by atoms with E-state index in [1.165, 1.54) is 41.0 Å². The zero-order valence-corrected chi connectivity index (χ0v) is 24.1. The van der Waals surface area contributed by atoms with Gasteiger partial charge in [0.2, 0.25) is 0 Å². The van der Waals surface area contributed by atoms with Crippen molar-refractivity contribution in [3.8, 4) is 0 Å². The highest BCUT2D eigenvalue weighted by Crippen LogP contribution is 2.35. The van der Waals surface area contributed by atoms with Crippen LogP contribution in [0.5, 0.6) is 0 Å². The third-order valence-corrected chi connectivity index (χ3v) is 8.50. The number of halogens is 1. The minimum atomic E-state index is -0.948. The fourth-order valence-electron chi connectivity index (χ4n) is 5.56. The van der Waals surface area contributed by atoms with Crippen LogP contribution in [0.4, 0.5) is 15.8 Å². The average molecular weight is 599 g/mol. The topological polar surface area (TPSA) is 107 Å². The lowest BCUT2D eigenvalue weighted by Gasteiger charge is -2.25. The minimum absolute atomic E-state index is 0.0814. The van der Waals surface area contributed by atoms with E-state index >= 15 is 0 Å². The van der Waals surface area contributed by atoms with Crippen molar-refractivity contribution in [2.45, 2.75) is 25.8 Å². The summed E-state index contributed by atoms with van der Waals surface area (Å²) in [6, 6.07) is 18.5. The van der Waals surface area contributed by atoms with E-state index in [1.807, 2.05) is 30.3 Å². The molecule has 9 nitrogen and oxygen atoms in total. The summed E-state index contributed by atoms with van der Waals surface area (Å²) in [5, 5.41) is 11.6. The van der Waals surface area contributed by atoms with Crippen LogP contribution in [0.3, 0.4) is 0 Å². The maximum absolute atomic E-state index is 14.2. The van der Waals surface area contributed by atoms with Crippen molar-refractivity contribution in [3.63, 3.8) is 0 Å². The molecule has 3 heterocycles. The van der Waals surface area contributed by atoms with Crippen molar-refractivity contribution in [2.24, 2.45) is 4.99 Å². The average Bonchev–Trinajstić information content (AvgIpc) is 3.65. The normalized spacial score (nSPS) is 16.7. The van der Waals surface area contributed by atoms with Crippen molar-refractivity contribution in [1.82, 2.24) is 4.57 Å². The van der Waals surface area contributed by atoms with E-state index in [1.54, 1.807) is 19.1 Å². The lowest BCUT2D eigenvalue weighted by Crippen LogP contribution is -2.40. The predicted molar refractivity (Wildman–Crippen MR) is 162 cm³/mol. The number of carbonyl (C=O) groups excluding carboxylic acids is 1. The molecule has 0 amide bonds. The van der Waals surface area contributed by atoms with Crippen LogP contribution < -0.4 is 19.8 Å². The number of aromatic nitrogens is 1. The zero-order chi connectivity index (χ0) is 30.1. The molecule has 1 atom stereocenters. The molecule has 0 radical (unpaired) electrons. The first kappa shape index (κ1) is 28.2. The van der Waals surface area contributed by atoms with Crippen LogP contribution in [0, 0.1) is 15.9 Å². The molecule has 0 aliphatic carbocycles. The molecule has 2 aliphatic heterocycles. The highest BCUT2D eigenvalue weighted by Gasteiger charge is 2.35. The lowest BCUT2D eigenvalue weighted by molar-refractivity contribution is -0.384. The highest BCUT2D eigenvalue weighted by atomic mass is 32.1. The largest absolute Gasteiger partial charge is 0.463 e. The number of ether oxygens (including phenoxy) is 1. The molecule has 1 aromatic heterocycles. The summed E-state index contributed by atoms with van der Waals surface area (Å²) in [6.45, 7) is 3.43. The number of esters is 1. The zero-order valence-electron chi connectivity index (χ0n) is 23.2. The smallest absolute Gasteiger partial charge is 0.338 e. The van der Waals surface area contributed by atoms with Gasteiger partial charge in [0.15, 0.2) is 4.80 Å². The van der Waals surface area contributed by atoms with Crippen LogP contribution >= 0.6 is 11.3 Å². The lowest BCUT2D eigenvalue weighted by atomic mass is 9.93. The van der Waals surface area contributed by atoms with Crippen LogP contribution in [0.1, 0.15) is 42.5 Å². The Labute approximate surface area is 249 Å². The molecule has 4 aromatic rings. The number of nitrogens with zero attached hydrogens (tertiary/aromatic N) is 4. The SMILES string of the molecule is CCOC(=O)C1=C(c2ccccc2)N=c2sc(=Cc3cc([N+](=O)[O-])ccc3N3CCCC3)c(=O)n2[C@H]1c1ccc(F)cc1. The summed E-state index contributed by atoms with van der Waals surface area (Å²) in [5.74, 6) is -1.09. The number of hydrogen-bond acceptors (Lipinski definition) is 8. The number of benzene rings is 3. The van der Waals surface area contributed by atoms with Crippen LogP contribution in [0.15, 0.2) is 88.2 Å². The first-order valence-corrected chi connectivity index (χ1v) is 14.7. The molecule has 0 unspecified atom stereocenters. The molecule has 1 fully saturated rings. The fraction of sp³-hybridized carbons (Fsp3) is 0.219. The van der Waals surface area contributed by atoms with E-state index in [4.69, 9.17) is 9.73 Å². The fourth-order valence-corrected chi connectivity index (χ4v) is 6.55. The molecule has 43 heavy (non-hydrogen) atoms. The van der Waals surface area contributed by atoms with Crippen LogP contribution in [0.25, 0.3) is 11.8 Å². The number of carbonyl (C=O) groups is 1. The number of nitro benzene ring substituents is 1. The monoisotopic (exact) mass is 598 g/mol. The van der Waals surface area contributed by atoms with Gasteiger partial charge in [0.25, 0.3) is 11.2 Å². The maximum atomic E-state index is 14.2. The van der Waals surface area contributed by atoms with Crippen LogP contribution in [-0.4, -0.2) is 35.2 Å². The van der Waals surface area contributed by atoms with Gasteiger partial charge in [-0.25, -0.2) is 14.2 Å². The highest BCUT2D eigenvalue weighted by molar-refractivity contribution is 7.07. The van der Waals surface area contributed by atoms with Gasteiger partial charge in [0, 0.05) is 42.0 Å². The van der Waals surface area contributed by atoms with Gasteiger partial charge in [-0.3, -0.25) is 19.5 Å². The van der Waals surface area contributed by atoms with Crippen molar-refractivity contribution in [2.75, 3.05) is 24.6 Å². The van der Waals surface area contributed by atoms with E-state index in [2.05, 4.69) is 4.90 Å². The van der Waals surface area contributed by atoms with Crippen LogP contribution in [-0.2, 0) is 9.53 Å². The van der Waals surface area contributed by atoms with Crippen molar-refractivity contribution in [1.29, 1.82) is 0 Å². The third kappa shape index (κ3) is 5.39. The first-order chi connectivity index (χ1) is 20.9. The molecule has 218 valence electrons. The maximum Gasteiger partial charge on any atom is 0.338 e. The van der Waals surface area contributed by atoms with Gasteiger partial charge in [0.05, 0.1) is 33.4 Å². The second-order valence-electron chi connectivity index (χ2n) is 10.2. The quantitative estimate of drug-likeness (QED) is 0.175. The van der Waals surface area contributed by atoms with Crippen molar-refractivity contribution >= 4 is 40.5 Å². The van der Waals surface area contributed by atoms with Gasteiger partial charge in [-0.05, 0) is 49.6 Å². The van der Waals surface area contributed by atoms with Gasteiger partial charge in [-0.15, -0.1) is 0 Å². The molecule has 0 saturated carbocycles. The predicted octanol–water partition coefficient (Wildman–Crippen LogP) is 4.58.